The Hall–Kier alpha value is -2.18. The van der Waals surface area contributed by atoms with E-state index in [9.17, 15) is 19.3 Å². The third-order valence-corrected chi connectivity index (χ3v) is 4.49. The van der Waals surface area contributed by atoms with Crippen molar-refractivity contribution in [1.29, 1.82) is 0 Å². The van der Waals surface area contributed by atoms with E-state index >= 15 is 0 Å². The molecule has 2 fully saturated rings. The number of nitrogens with two attached hydrogens (primary N) is 1. The molecule has 7 heteroatoms. The molecule has 0 spiro atoms. The van der Waals surface area contributed by atoms with Gasteiger partial charge in [-0.15, -0.1) is 0 Å². The summed E-state index contributed by atoms with van der Waals surface area (Å²) < 4.78 is 13.3. The molecule has 112 valence electrons. The molecule has 0 atom stereocenters. The Labute approximate surface area is 120 Å². The zero-order valence-electron chi connectivity index (χ0n) is 11.4. The number of halogens is 1. The molecule has 1 aromatic carbocycles. The van der Waals surface area contributed by atoms with Crippen molar-refractivity contribution in [3.8, 4) is 0 Å². The SMILES string of the molecule is Nc1cc(C(=O)NCC2(C3CC3)CC2)c([N+](=O)[O-])cc1F. The number of amides is 1. The van der Waals surface area contributed by atoms with E-state index in [1.54, 1.807) is 0 Å². The summed E-state index contributed by atoms with van der Waals surface area (Å²) in [6.45, 7) is 0.519. The molecule has 0 aliphatic heterocycles. The van der Waals surface area contributed by atoms with Crippen molar-refractivity contribution in [3.05, 3.63) is 33.6 Å². The van der Waals surface area contributed by atoms with Gasteiger partial charge in [0.05, 0.1) is 16.7 Å². The van der Waals surface area contributed by atoms with Crippen molar-refractivity contribution in [2.45, 2.75) is 25.7 Å². The van der Waals surface area contributed by atoms with Crippen LogP contribution in [0.1, 0.15) is 36.0 Å². The van der Waals surface area contributed by atoms with Crippen LogP contribution in [0, 0.1) is 27.3 Å². The summed E-state index contributed by atoms with van der Waals surface area (Å²) in [6, 6.07) is 1.72. The maximum Gasteiger partial charge on any atom is 0.285 e. The van der Waals surface area contributed by atoms with Crippen molar-refractivity contribution < 1.29 is 14.1 Å². The van der Waals surface area contributed by atoms with Crippen LogP contribution in [0.15, 0.2) is 12.1 Å². The molecule has 1 aromatic rings. The average molecular weight is 293 g/mol. The van der Waals surface area contributed by atoms with Crippen LogP contribution in [0.2, 0.25) is 0 Å². The molecule has 0 aromatic heterocycles. The van der Waals surface area contributed by atoms with Gasteiger partial charge in [-0.1, -0.05) is 0 Å². The summed E-state index contributed by atoms with van der Waals surface area (Å²) >= 11 is 0. The van der Waals surface area contributed by atoms with Crippen LogP contribution < -0.4 is 11.1 Å². The van der Waals surface area contributed by atoms with E-state index in [-0.39, 0.29) is 16.7 Å². The standard InChI is InChI=1S/C14H16FN3O3/c15-10-6-12(18(20)21)9(5-11(10)16)13(19)17-7-14(3-4-14)8-1-2-8/h5-6,8H,1-4,7,16H2,(H,17,19). The highest BCUT2D eigenvalue weighted by Crippen LogP contribution is 2.60. The number of nitrogen functional groups attached to an aromatic ring is 1. The average Bonchev–Trinajstić information content (AvgIpc) is 3.30. The van der Waals surface area contributed by atoms with E-state index in [0.29, 0.717) is 18.5 Å². The lowest BCUT2D eigenvalue weighted by atomic mass is 10.0. The Morgan fingerprint density at radius 3 is 2.67 bits per heavy atom. The lowest BCUT2D eigenvalue weighted by molar-refractivity contribution is -0.385. The van der Waals surface area contributed by atoms with Gasteiger partial charge in [0.2, 0.25) is 0 Å². The molecule has 3 rings (SSSR count). The molecule has 1 amide bonds. The van der Waals surface area contributed by atoms with Gasteiger partial charge < -0.3 is 11.1 Å². The van der Waals surface area contributed by atoms with Crippen LogP contribution in [0.3, 0.4) is 0 Å². The smallest absolute Gasteiger partial charge is 0.285 e. The van der Waals surface area contributed by atoms with Crippen molar-refractivity contribution in [1.82, 2.24) is 5.32 Å². The zero-order chi connectivity index (χ0) is 15.2. The van der Waals surface area contributed by atoms with Crippen molar-refractivity contribution in [2.75, 3.05) is 12.3 Å². The third kappa shape index (κ3) is 2.55. The number of rotatable bonds is 5. The van der Waals surface area contributed by atoms with E-state index in [1.807, 2.05) is 0 Å². The molecule has 3 N–H and O–H groups in total. The number of nitro groups is 1. The minimum Gasteiger partial charge on any atom is -0.396 e. The van der Waals surface area contributed by atoms with Gasteiger partial charge in [-0.2, -0.15) is 0 Å². The molecule has 0 heterocycles. The van der Waals surface area contributed by atoms with Crippen LogP contribution >= 0.6 is 0 Å². The second kappa shape index (κ2) is 4.68. The fraction of sp³-hybridized carbons (Fsp3) is 0.500. The monoisotopic (exact) mass is 293 g/mol. The predicted octanol–water partition coefficient (Wildman–Crippen LogP) is 2.24. The lowest BCUT2D eigenvalue weighted by Gasteiger charge is -2.15. The second-order valence-corrected chi connectivity index (χ2v) is 5.97. The Balaban J connectivity index is 1.77. The number of hydrogen-bond donors (Lipinski definition) is 2. The first-order valence-electron chi connectivity index (χ1n) is 6.94. The van der Waals surface area contributed by atoms with Crippen LogP contribution in [0.4, 0.5) is 15.8 Å². The second-order valence-electron chi connectivity index (χ2n) is 5.97. The largest absolute Gasteiger partial charge is 0.396 e. The Bertz CT molecular complexity index is 624. The van der Waals surface area contributed by atoms with Crippen LogP contribution in [-0.2, 0) is 0 Å². The number of nitrogens with zero attached hydrogens (tertiary/aromatic N) is 1. The number of carbonyl (C=O) groups excluding carboxylic acids is 1. The van der Waals surface area contributed by atoms with E-state index in [4.69, 9.17) is 5.73 Å². The van der Waals surface area contributed by atoms with Gasteiger partial charge in [0.15, 0.2) is 5.82 Å². The lowest BCUT2D eigenvalue weighted by Crippen LogP contribution is -2.31. The van der Waals surface area contributed by atoms with Gasteiger partial charge in [0.1, 0.15) is 5.56 Å². The molecule has 2 saturated carbocycles. The highest BCUT2D eigenvalue weighted by molar-refractivity contribution is 5.99. The van der Waals surface area contributed by atoms with Crippen LogP contribution in [-0.4, -0.2) is 17.4 Å². The fourth-order valence-electron chi connectivity index (χ4n) is 2.85. The molecule has 0 unspecified atom stereocenters. The van der Waals surface area contributed by atoms with Crippen LogP contribution in [0.25, 0.3) is 0 Å². The topological polar surface area (TPSA) is 98.3 Å². The van der Waals surface area contributed by atoms with Gasteiger partial charge in [-0.3, -0.25) is 14.9 Å². The predicted molar refractivity (Wildman–Crippen MR) is 74.2 cm³/mol. The molecule has 2 aliphatic carbocycles. The molecule has 0 radical (unpaired) electrons. The summed E-state index contributed by atoms with van der Waals surface area (Å²) in [5, 5.41) is 13.7. The normalized spacial score (nSPS) is 19.1. The number of hydrogen-bond acceptors (Lipinski definition) is 4. The van der Waals surface area contributed by atoms with Gasteiger partial charge in [-0.25, -0.2) is 4.39 Å². The summed E-state index contributed by atoms with van der Waals surface area (Å²) in [5.41, 5.74) is 4.57. The van der Waals surface area contributed by atoms with E-state index in [0.717, 1.165) is 18.9 Å². The van der Waals surface area contributed by atoms with Crippen LogP contribution in [0.5, 0.6) is 0 Å². The highest BCUT2D eigenvalue weighted by Gasteiger charge is 2.53. The molecule has 0 bridgehead atoms. The van der Waals surface area contributed by atoms with Gasteiger partial charge in [0, 0.05) is 6.54 Å². The van der Waals surface area contributed by atoms with E-state index < -0.39 is 22.3 Å². The first-order valence-corrected chi connectivity index (χ1v) is 6.94. The molecular weight excluding hydrogens is 277 g/mol. The summed E-state index contributed by atoms with van der Waals surface area (Å²) in [6.07, 6.45) is 4.57. The molecular formula is C14H16FN3O3. The first-order chi connectivity index (χ1) is 9.93. The van der Waals surface area contributed by atoms with Gasteiger partial charge >= 0.3 is 0 Å². The molecule has 0 saturated heterocycles. The number of carbonyl (C=O) groups is 1. The molecule has 21 heavy (non-hydrogen) atoms. The summed E-state index contributed by atoms with van der Waals surface area (Å²) in [5.74, 6) is -0.790. The summed E-state index contributed by atoms with van der Waals surface area (Å²) in [7, 11) is 0. The maximum absolute atomic E-state index is 13.3. The zero-order valence-corrected chi connectivity index (χ0v) is 11.4. The Morgan fingerprint density at radius 1 is 1.48 bits per heavy atom. The Morgan fingerprint density at radius 2 is 2.14 bits per heavy atom. The van der Waals surface area contributed by atoms with E-state index in [2.05, 4.69) is 5.32 Å². The minimum atomic E-state index is -0.894. The quantitative estimate of drug-likeness (QED) is 0.494. The van der Waals surface area contributed by atoms with Crippen molar-refractivity contribution in [3.63, 3.8) is 0 Å². The number of anilines is 1. The number of nitro benzene ring substituents is 1. The minimum absolute atomic E-state index is 0.189. The highest BCUT2D eigenvalue weighted by atomic mass is 19.1. The van der Waals surface area contributed by atoms with Crippen molar-refractivity contribution >= 4 is 17.3 Å². The molecule has 2 aliphatic rings. The summed E-state index contributed by atoms with van der Waals surface area (Å²) in [4.78, 5) is 22.3. The van der Waals surface area contributed by atoms with Gasteiger partial charge in [-0.05, 0) is 43.1 Å². The Kier molecular flexibility index (Phi) is 3.07. The first kappa shape index (κ1) is 13.8. The third-order valence-electron chi connectivity index (χ3n) is 4.49. The number of nitrogens with one attached hydrogen (secondary N) is 1. The fourth-order valence-corrected chi connectivity index (χ4v) is 2.85. The van der Waals surface area contributed by atoms with Gasteiger partial charge in [0.25, 0.3) is 11.6 Å². The van der Waals surface area contributed by atoms with E-state index in [1.165, 1.54) is 12.8 Å². The molecule has 6 nitrogen and oxygen atoms in total. The number of benzene rings is 1. The van der Waals surface area contributed by atoms with Crippen molar-refractivity contribution in [2.24, 2.45) is 11.3 Å². The maximum atomic E-state index is 13.3.